The standard InChI is InChI=1S/C20H23ClN2O5/c1-11(24)27-18(25)12-9-13(10-12)28-15-6-5-14(21)17-16(15)20(23-19(26)22-17)7-3-2-4-8-20/h5-6,12-13H,2-4,7-10H2,1H3,(H2,22,23,26). The molecule has 1 aromatic carbocycles. The maximum atomic E-state index is 12.3. The lowest BCUT2D eigenvalue weighted by atomic mass is 9.74. The first-order valence-electron chi connectivity index (χ1n) is 9.69. The van der Waals surface area contributed by atoms with E-state index in [2.05, 4.69) is 15.4 Å². The quantitative estimate of drug-likeness (QED) is 0.586. The summed E-state index contributed by atoms with van der Waals surface area (Å²) in [5, 5.41) is 6.42. The summed E-state index contributed by atoms with van der Waals surface area (Å²) in [4.78, 5) is 35.0. The van der Waals surface area contributed by atoms with Gasteiger partial charge in [0.25, 0.3) is 0 Å². The number of rotatable bonds is 3. The van der Waals surface area contributed by atoms with Crippen LogP contribution in [0.1, 0.15) is 57.4 Å². The van der Waals surface area contributed by atoms with Gasteiger partial charge >= 0.3 is 18.0 Å². The van der Waals surface area contributed by atoms with Gasteiger partial charge in [-0.25, -0.2) is 4.79 Å². The highest BCUT2D eigenvalue weighted by Gasteiger charge is 2.45. The fraction of sp³-hybridized carbons (Fsp3) is 0.550. The van der Waals surface area contributed by atoms with Crippen molar-refractivity contribution >= 4 is 35.3 Å². The fourth-order valence-electron chi connectivity index (χ4n) is 4.47. The molecule has 4 rings (SSSR count). The van der Waals surface area contributed by atoms with Crippen LogP contribution in [0.4, 0.5) is 10.5 Å². The second-order valence-electron chi connectivity index (χ2n) is 7.84. The predicted octanol–water partition coefficient (Wildman–Crippen LogP) is 3.88. The summed E-state index contributed by atoms with van der Waals surface area (Å²) >= 11 is 6.39. The number of anilines is 1. The molecule has 150 valence electrons. The first-order valence-corrected chi connectivity index (χ1v) is 10.1. The van der Waals surface area contributed by atoms with Gasteiger partial charge in [-0.3, -0.25) is 9.59 Å². The van der Waals surface area contributed by atoms with Crippen LogP contribution in [0, 0.1) is 5.92 Å². The maximum Gasteiger partial charge on any atom is 0.319 e. The maximum absolute atomic E-state index is 12.3. The van der Waals surface area contributed by atoms with Gasteiger partial charge in [0.2, 0.25) is 0 Å². The monoisotopic (exact) mass is 406 g/mol. The minimum Gasteiger partial charge on any atom is -0.490 e. The van der Waals surface area contributed by atoms with Crippen molar-refractivity contribution < 1.29 is 23.9 Å². The zero-order valence-electron chi connectivity index (χ0n) is 15.7. The van der Waals surface area contributed by atoms with Crippen LogP contribution in [0.15, 0.2) is 12.1 Å². The molecule has 1 heterocycles. The summed E-state index contributed by atoms with van der Waals surface area (Å²) in [6.07, 6.45) is 5.70. The van der Waals surface area contributed by atoms with Gasteiger partial charge in [-0.2, -0.15) is 0 Å². The Balaban J connectivity index is 1.57. The summed E-state index contributed by atoms with van der Waals surface area (Å²) in [6, 6.07) is 3.31. The lowest BCUT2D eigenvalue weighted by Gasteiger charge is -2.44. The summed E-state index contributed by atoms with van der Waals surface area (Å²) in [5.74, 6) is -0.735. The van der Waals surface area contributed by atoms with Crippen molar-refractivity contribution in [1.82, 2.24) is 5.32 Å². The summed E-state index contributed by atoms with van der Waals surface area (Å²) in [5.41, 5.74) is 1.03. The number of hydrogen-bond donors (Lipinski definition) is 2. The molecule has 1 spiro atoms. The molecule has 0 radical (unpaired) electrons. The summed E-state index contributed by atoms with van der Waals surface area (Å²) in [7, 11) is 0. The highest BCUT2D eigenvalue weighted by Crippen LogP contribution is 2.50. The second kappa shape index (κ2) is 7.28. The third-order valence-electron chi connectivity index (χ3n) is 5.86. The largest absolute Gasteiger partial charge is 0.490 e. The number of benzene rings is 1. The molecule has 3 aliphatic rings. The molecule has 0 atom stereocenters. The van der Waals surface area contributed by atoms with Crippen LogP contribution in [-0.4, -0.2) is 24.1 Å². The first kappa shape index (κ1) is 19.1. The van der Waals surface area contributed by atoms with Gasteiger partial charge < -0.3 is 20.1 Å². The highest BCUT2D eigenvalue weighted by atomic mass is 35.5. The Morgan fingerprint density at radius 3 is 2.57 bits per heavy atom. The third kappa shape index (κ3) is 3.43. The molecular weight excluding hydrogens is 384 g/mol. The number of carbonyl (C=O) groups excluding carboxylic acids is 3. The number of amides is 2. The van der Waals surface area contributed by atoms with Crippen molar-refractivity contribution in [1.29, 1.82) is 0 Å². The molecule has 7 nitrogen and oxygen atoms in total. The first-order chi connectivity index (χ1) is 13.4. The van der Waals surface area contributed by atoms with E-state index in [0.717, 1.165) is 37.7 Å². The molecular formula is C20H23ClN2O5. The van der Waals surface area contributed by atoms with E-state index in [1.54, 1.807) is 6.07 Å². The molecule has 2 amide bonds. The van der Waals surface area contributed by atoms with Crippen LogP contribution in [0.2, 0.25) is 5.02 Å². The summed E-state index contributed by atoms with van der Waals surface area (Å²) < 4.78 is 10.9. The normalized spacial score (nSPS) is 25.0. The lowest BCUT2D eigenvalue weighted by Crippen LogP contribution is -2.53. The molecule has 8 heteroatoms. The van der Waals surface area contributed by atoms with Gasteiger partial charge in [-0.05, 0) is 37.8 Å². The van der Waals surface area contributed by atoms with Gasteiger partial charge in [0.1, 0.15) is 11.9 Å². The van der Waals surface area contributed by atoms with Crippen molar-refractivity contribution in [2.24, 2.45) is 5.92 Å². The number of esters is 2. The van der Waals surface area contributed by atoms with Gasteiger partial charge in [0.05, 0.1) is 22.2 Å². The molecule has 1 aromatic rings. The lowest BCUT2D eigenvalue weighted by molar-refractivity contribution is -0.165. The van der Waals surface area contributed by atoms with E-state index >= 15 is 0 Å². The number of fused-ring (bicyclic) bond motifs is 2. The number of hydrogen-bond acceptors (Lipinski definition) is 5. The molecule has 2 fully saturated rings. The topological polar surface area (TPSA) is 93.7 Å². The van der Waals surface area contributed by atoms with E-state index in [4.69, 9.17) is 16.3 Å². The van der Waals surface area contributed by atoms with Crippen molar-refractivity contribution in [2.75, 3.05) is 5.32 Å². The van der Waals surface area contributed by atoms with Crippen molar-refractivity contribution in [3.8, 4) is 5.75 Å². The predicted molar refractivity (Wildman–Crippen MR) is 102 cm³/mol. The number of urea groups is 1. The van der Waals surface area contributed by atoms with Crippen LogP contribution in [-0.2, 0) is 19.9 Å². The molecule has 0 saturated heterocycles. The number of ether oxygens (including phenoxy) is 2. The average molecular weight is 407 g/mol. The molecule has 0 bridgehead atoms. The number of carbonyl (C=O) groups is 3. The van der Waals surface area contributed by atoms with Gasteiger partial charge in [0.15, 0.2) is 0 Å². The Hall–Kier alpha value is -2.28. The number of halogens is 1. The molecule has 0 aromatic heterocycles. The van der Waals surface area contributed by atoms with Crippen LogP contribution < -0.4 is 15.4 Å². The molecule has 28 heavy (non-hydrogen) atoms. The molecule has 0 unspecified atom stereocenters. The smallest absolute Gasteiger partial charge is 0.319 e. The Morgan fingerprint density at radius 1 is 1.18 bits per heavy atom. The van der Waals surface area contributed by atoms with Crippen LogP contribution >= 0.6 is 11.6 Å². The number of nitrogens with one attached hydrogen (secondary N) is 2. The fourth-order valence-corrected chi connectivity index (χ4v) is 4.67. The SMILES string of the molecule is CC(=O)OC(=O)C1CC(Oc2ccc(Cl)c3c2C2(CCCCC2)NC(=O)N3)C1. The zero-order chi connectivity index (χ0) is 19.9. The molecule has 2 saturated carbocycles. The minimum atomic E-state index is -0.595. The Labute approximate surface area is 168 Å². The highest BCUT2D eigenvalue weighted by molar-refractivity contribution is 6.34. The van der Waals surface area contributed by atoms with E-state index in [9.17, 15) is 14.4 Å². The Kier molecular flexibility index (Phi) is 4.95. The van der Waals surface area contributed by atoms with E-state index < -0.39 is 17.5 Å². The zero-order valence-corrected chi connectivity index (χ0v) is 16.4. The van der Waals surface area contributed by atoms with Gasteiger partial charge in [-0.15, -0.1) is 0 Å². The minimum absolute atomic E-state index is 0.145. The van der Waals surface area contributed by atoms with Crippen LogP contribution in [0.25, 0.3) is 0 Å². The summed E-state index contributed by atoms with van der Waals surface area (Å²) in [6.45, 7) is 1.22. The van der Waals surface area contributed by atoms with Gasteiger partial charge in [0, 0.05) is 12.5 Å². The Bertz CT molecular complexity index is 828. The second-order valence-corrected chi connectivity index (χ2v) is 8.25. The molecule has 2 N–H and O–H groups in total. The average Bonchev–Trinajstić information content (AvgIpc) is 2.59. The van der Waals surface area contributed by atoms with Crippen molar-refractivity contribution in [2.45, 2.75) is 63.5 Å². The van der Waals surface area contributed by atoms with Crippen LogP contribution in [0.5, 0.6) is 5.75 Å². The van der Waals surface area contributed by atoms with Crippen molar-refractivity contribution in [3.05, 3.63) is 22.7 Å². The van der Waals surface area contributed by atoms with E-state index in [-0.39, 0.29) is 18.1 Å². The van der Waals surface area contributed by atoms with E-state index in [1.807, 2.05) is 6.07 Å². The van der Waals surface area contributed by atoms with E-state index in [0.29, 0.717) is 29.3 Å². The van der Waals surface area contributed by atoms with E-state index in [1.165, 1.54) is 6.92 Å². The van der Waals surface area contributed by atoms with Crippen molar-refractivity contribution in [3.63, 3.8) is 0 Å². The molecule has 2 aliphatic carbocycles. The Morgan fingerprint density at radius 2 is 1.89 bits per heavy atom. The molecule has 1 aliphatic heterocycles. The van der Waals surface area contributed by atoms with Crippen LogP contribution in [0.3, 0.4) is 0 Å². The third-order valence-corrected chi connectivity index (χ3v) is 6.17. The van der Waals surface area contributed by atoms with Gasteiger partial charge in [-0.1, -0.05) is 30.9 Å².